The standard InChI is InChI=1S/C10H9ClN2/c1-2-10(13)7-3-4-9(11)8(5-7)6-12/h2-5,10H,1,13H2/t10-/m0/s1. The van der Waals surface area contributed by atoms with Crippen molar-refractivity contribution < 1.29 is 0 Å². The molecule has 66 valence electrons. The van der Waals surface area contributed by atoms with Crippen LogP contribution in [0.4, 0.5) is 0 Å². The van der Waals surface area contributed by atoms with Gasteiger partial charge in [-0.15, -0.1) is 6.58 Å². The number of hydrogen-bond acceptors (Lipinski definition) is 2. The van der Waals surface area contributed by atoms with Gasteiger partial charge < -0.3 is 5.73 Å². The van der Waals surface area contributed by atoms with Crippen LogP contribution in [0.15, 0.2) is 30.9 Å². The molecule has 0 aliphatic rings. The molecule has 0 heterocycles. The molecule has 0 fully saturated rings. The highest BCUT2D eigenvalue weighted by molar-refractivity contribution is 6.31. The van der Waals surface area contributed by atoms with Gasteiger partial charge in [0.1, 0.15) is 6.07 Å². The Morgan fingerprint density at radius 3 is 2.85 bits per heavy atom. The van der Waals surface area contributed by atoms with Crippen LogP contribution < -0.4 is 5.73 Å². The first kappa shape index (κ1) is 9.79. The molecule has 0 aromatic heterocycles. The number of nitrogens with zero attached hydrogens (tertiary/aromatic N) is 1. The van der Waals surface area contributed by atoms with Gasteiger partial charge in [0.25, 0.3) is 0 Å². The van der Waals surface area contributed by atoms with Crippen LogP contribution >= 0.6 is 11.6 Å². The molecular formula is C10H9ClN2. The van der Waals surface area contributed by atoms with E-state index in [-0.39, 0.29) is 6.04 Å². The summed E-state index contributed by atoms with van der Waals surface area (Å²) in [5.41, 5.74) is 6.98. The molecular weight excluding hydrogens is 184 g/mol. The summed E-state index contributed by atoms with van der Waals surface area (Å²) >= 11 is 5.76. The van der Waals surface area contributed by atoms with E-state index in [2.05, 4.69) is 6.58 Å². The van der Waals surface area contributed by atoms with Crippen molar-refractivity contribution in [3.8, 4) is 6.07 Å². The highest BCUT2D eigenvalue weighted by atomic mass is 35.5. The van der Waals surface area contributed by atoms with Gasteiger partial charge in [0.15, 0.2) is 0 Å². The normalized spacial score (nSPS) is 11.8. The van der Waals surface area contributed by atoms with E-state index in [4.69, 9.17) is 22.6 Å². The molecule has 0 spiro atoms. The fourth-order valence-corrected chi connectivity index (χ4v) is 1.13. The minimum atomic E-state index is -0.246. The van der Waals surface area contributed by atoms with Crippen molar-refractivity contribution in [3.05, 3.63) is 47.0 Å². The van der Waals surface area contributed by atoms with Crippen LogP contribution in [0.5, 0.6) is 0 Å². The van der Waals surface area contributed by atoms with Gasteiger partial charge in [0.05, 0.1) is 10.6 Å². The molecule has 0 bridgehead atoms. The van der Waals surface area contributed by atoms with Crippen LogP contribution in [-0.2, 0) is 0 Å². The second-order valence-electron chi connectivity index (χ2n) is 2.61. The molecule has 0 unspecified atom stereocenters. The highest BCUT2D eigenvalue weighted by Crippen LogP contribution is 2.20. The Balaban J connectivity index is 3.15. The molecule has 0 radical (unpaired) electrons. The lowest BCUT2D eigenvalue weighted by molar-refractivity contribution is 0.914. The predicted molar refractivity (Wildman–Crippen MR) is 53.3 cm³/mol. The van der Waals surface area contributed by atoms with E-state index in [9.17, 15) is 0 Å². The SMILES string of the molecule is C=C[C@H](N)c1ccc(Cl)c(C#N)c1. The van der Waals surface area contributed by atoms with Gasteiger partial charge in [-0.1, -0.05) is 23.7 Å². The number of halogens is 1. The lowest BCUT2D eigenvalue weighted by Crippen LogP contribution is -2.06. The Labute approximate surface area is 82.2 Å². The van der Waals surface area contributed by atoms with Crippen molar-refractivity contribution in [1.29, 1.82) is 5.26 Å². The van der Waals surface area contributed by atoms with Crippen molar-refractivity contribution in [2.45, 2.75) is 6.04 Å². The van der Waals surface area contributed by atoms with Gasteiger partial charge in [-0.05, 0) is 17.7 Å². The summed E-state index contributed by atoms with van der Waals surface area (Å²) in [6.45, 7) is 3.57. The summed E-state index contributed by atoms with van der Waals surface area (Å²) in [4.78, 5) is 0. The monoisotopic (exact) mass is 192 g/mol. The molecule has 0 amide bonds. The molecule has 13 heavy (non-hydrogen) atoms. The van der Waals surface area contributed by atoms with Crippen molar-refractivity contribution in [1.82, 2.24) is 0 Å². The maximum absolute atomic E-state index is 8.70. The summed E-state index contributed by atoms with van der Waals surface area (Å²) in [6.07, 6.45) is 1.62. The summed E-state index contributed by atoms with van der Waals surface area (Å²) in [6, 6.07) is 6.87. The van der Waals surface area contributed by atoms with Gasteiger partial charge in [-0.25, -0.2) is 0 Å². The maximum Gasteiger partial charge on any atom is 0.101 e. The first-order valence-electron chi connectivity index (χ1n) is 3.76. The molecule has 1 aromatic rings. The summed E-state index contributed by atoms with van der Waals surface area (Å²) in [5, 5.41) is 9.14. The first-order chi connectivity index (χ1) is 6.19. The Morgan fingerprint density at radius 2 is 2.31 bits per heavy atom. The molecule has 0 aliphatic carbocycles. The van der Waals surface area contributed by atoms with Crippen LogP contribution in [0.1, 0.15) is 17.2 Å². The number of hydrogen-bond donors (Lipinski definition) is 1. The predicted octanol–water partition coefficient (Wildman–Crippen LogP) is 2.40. The zero-order valence-electron chi connectivity index (χ0n) is 7.00. The summed E-state index contributed by atoms with van der Waals surface area (Å²) in [7, 11) is 0. The van der Waals surface area contributed by atoms with Gasteiger partial charge in [-0.3, -0.25) is 0 Å². The van der Waals surface area contributed by atoms with E-state index in [1.54, 1.807) is 24.3 Å². The fourth-order valence-electron chi connectivity index (χ4n) is 0.972. The number of rotatable bonds is 2. The molecule has 1 aromatic carbocycles. The smallest absolute Gasteiger partial charge is 0.101 e. The van der Waals surface area contributed by atoms with E-state index >= 15 is 0 Å². The third-order valence-corrected chi connectivity index (χ3v) is 2.08. The van der Waals surface area contributed by atoms with Gasteiger partial charge in [0, 0.05) is 6.04 Å². The Morgan fingerprint density at radius 1 is 1.62 bits per heavy atom. The van der Waals surface area contributed by atoms with Crippen LogP contribution in [0.3, 0.4) is 0 Å². The zero-order valence-corrected chi connectivity index (χ0v) is 7.75. The maximum atomic E-state index is 8.70. The van der Waals surface area contributed by atoms with Crippen LogP contribution in [0, 0.1) is 11.3 Å². The van der Waals surface area contributed by atoms with Gasteiger partial charge in [-0.2, -0.15) is 5.26 Å². The lowest BCUT2D eigenvalue weighted by atomic mass is 10.1. The van der Waals surface area contributed by atoms with Crippen molar-refractivity contribution >= 4 is 11.6 Å². The van der Waals surface area contributed by atoms with Crippen LogP contribution in [-0.4, -0.2) is 0 Å². The minimum absolute atomic E-state index is 0.246. The summed E-state index contributed by atoms with van der Waals surface area (Å²) < 4.78 is 0. The molecule has 1 rings (SSSR count). The van der Waals surface area contributed by atoms with Crippen molar-refractivity contribution in [3.63, 3.8) is 0 Å². The van der Waals surface area contributed by atoms with E-state index in [0.717, 1.165) is 5.56 Å². The fraction of sp³-hybridized carbons (Fsp3) is 0.100. The quantitative estimate of drug-likeness (QED) is 0.732. The largest absolute Gasteiger partial charge is 0.321 e. The van der Waals surface area contributed by atoms with Crippen molar-refractivity contribution in [2.24, 2.45) is 5.73 Å². The first-order valence-corrected chi connectivity index (χ1v) is 4.14. The van der Waals surface area contributed by atoms with E-state index in [1.165, 1.54) is 0 Å². The average molecular weight is 193 g/mol. The molecule has 2 N–H and O–H groups in total. The minimum Gasteiger partial charge on any atom is -0.321 e. The Bertz CT molecular complexity index is 366. The van der Waals surface area contributed by atoms with Crippen LogP contribution in [0.2, 0.25) is 5.02 Å². The average Bonchev–Trinajstić information content (AvgIpc) is 2.17. The molecule has 2 nitrogen and oxygen atoms in total. The van der Waals surface area contributed by atoms with E-state index in [1.807, 2.05) is 6.07 Å². The van der Waals surface area contributed by atoms with E-state index < -0.39 is 0 Å². The molecule has 1 atom stereocenters. The second-order valence-corrected chi connectivity index (χ2v) is 3.02. The molecule has 0 saturated carbocycles. The Kier molecular flexibility index (Phi) is 3.07. The second kappa shape index (κ2) is 4.08. The number of nitrogens with two attached hydrogens (primary N) is 1. The molecule has 0 aliphatic heterocycles. The third kappa shape index (κ3) is 2.09. The third-order valence-electron chi connectivity index (χ3n) is 1.75. The summed E-state index contributed by atoms with van der Waals surface area (Å²) in [5.74, 6) is 0. The number of nitriles is 1. The number of benzene rings is 1. The van der Waals surface area contributed by atoms with Crippen molar-refractivity contribution in [2.75, 3.05) is 0 Å². The van der Waals surface area contributed by atoms with Crippen LogP contribution in [0.25, 0.3) is 0 Å². The van der Waals surface area contributed by atoms with E-state index in [0.29, 0.717) is 10.6 Å². The van der Waals surface area contributed by atoms with Gasteiger partial charge in [0.2, 0.25) is 0 Å². The molecule has 3 heteroatoms. The lowest BCUT2D eigenvalue weighted by Gasteiger charge is -2.06. The molecule has 0 saturated heterocycles. The van der Waals surface area contributed by atoms with Gasteiger partial charge >= 0.3 is 0 Å². The topological polar surface area (TPSA) is 49.8 Å². The Hall–Kier alpha value is -1.30. The zero-order chi connectivity index (χ0) is 9.84. The highest BCUT2D eigenvalue weighted by Gasteiger charge is 2.04.